The van der Waals surface area contributed by atoms with Gasteiger partial charge in [0.2, 0.25) is 0 Å². The van der Waals surface area contributed by atoms with Crippen LogP contribution in [-0.2, 0) is 4.79 Å². The van der Waals surface area contributed by atoms with Gasteiger partial charge in [0, 0.05) is 24.2 Å². The van der Waals surface area contributed by atoms with Crippen molar-refractivity contribution < 1.29 is 26.7 Å². The number of amides is 1. The first kappa shape index (κ1) is 17.7. The molecule has 1 aliphatic rings. The standard InChI is InChI=1S/C15H17F5N2O/c1-2-22(14(23)15(18,19)20)10-5-6-21-13(8-10)11-7-9(16)3-4-12(11)17/h3-4,7,10,13,21H,2,5-6,8H2,1H3/t10-,13+/m1/s1. The Kier molecular flexibility index (Phi) is 5.23. The molecule has 0 unspecified atom stereocenters. The topological polar surface area (TPSA) is 32.3 Å². The summed E-state index contributed by atoms with van der Waals surface area (Å²) in [6, 6.07) is 1.67. The van der Waals surface area contributed by atoms with Crippen LogP contribution in [0.25, 0.3) is 0 Å². The number of halogens is 5. The van der Waals surface area contributed by atoms with E-state index < -0.39 is 35.8 Å². The number of nitrogens with zero attached hydrogens (tertiary/aromatic N) is 1. The summed E-state index contributed by atoms with van der Waals surface area (Å²) in [4.78, 5) is 12.3. The van der Waals surface area contributed by atoms with E-state index in [1.54, 1.807) is 0 Å². The van der Waals surface area contributed by atoms with E-state index in [9.17, 15) is 26.7 Å². The van der Waals surface area contributed by atoms with Crippen LogP contribution in [0.2, 0.25) is 0 Å². The lowest BCUT2D eigenvalue weighted by atomic mass is 9.92. The van der Waals surface area contributed by atoms with Gasteiger partial charge in [-0.05, 0) is 44.5 Å². The van der Waals surface area contributed by atoms with Crippen molar-refractivity contribution in [1.29, 1.82) is 0 Å². The van der Waals surface area contributed by atoms with E-state index in [0.717, 1.165) is 23.1 Å². The van der Waals surface area contributed by atoms with Crippen LogP contribution in [0, 0.1) is 11.6 Å². The van der Waals surface area contributed by atoms with Crippen LogP contribution in [0.4, 0.5) is 22.0 Å². The molecule has 2 atom stereocenters. The van der Waals surface area contributed by atoms with E-state index in [-0.39, 0.29) is 18.5 Å². The van der Waals surface area contributed by atoms with Crippen molar-refractivity contribution in [2.75, 3.05) is 13.1 Å². The summed E-state index contributed by atoms with van der Waals surface area (Å²) in [5.41, 5.74) is 0.0604. The van der Waals surface area contributed by atoms with Crippen molar-refractivity contribution in [3.05, 3.63) is 35.4 Å². The second kappa shape index (κ2) is 6.82. The molecule has 0 aliphatic carbocycles. The van der Waals surface area contributed by atoms with E-state index in [2.05, 4.69) is 5.32 Å². The smallest absolute Gasteiger partial charge is 0.332 e. The summed E-state index contributed by atoms with van der Waals surface area (Å²) in [5.74, 6) is -3.15. The summed E-state index contributed by atoms with van der Waals surface area (Å²) in [6.07, 6.45) is -4.53. The van der Waals surface area contributed by atoms with Gasteiger partial charge in [-0.15, -0.1) is 0 Å². The summed E-state index contributed by atoms with van der Waals surface area (Å²) in [6.45, 7) is 1.68. The number of piperidine rings is 1. The minimum absolute atomic E-state index is 0.0604. The molecule has 0 spiro atoms. The van der Waals surface area contributed by atoms with Crippen LogP contribution in [0.15, 0.2) is 18.2 Å². The van der Waals surface area contributed by atoms with Crippen molar-refractivity contribution in [3.63, 3.8) is 0 Å². The van der Waals surface area contributed by atoms with Crippen molar-refractivity contribution >= 4 is 5.91 Å². The average molecular weight is 336 g/mol. The Morgan fingerprint density at radius 2 is 2.04 bits per heavy atom. The van der Waals surface area contributed by atoms with Gasteiger partial charge in [0.15, 0.2) is 0 Å². The highest BCUT2D eigenvalue weighted by Gasteiger charge is 2.44. The highest BCUT2D eigenvalue weighted by molar-refractivity contribution is 5.82. The van der Waals surface area contributed by atoms with Crippen molar-refractivity contribution in [1.82, 2.24) is 10.2 Å². The van der Waals surface area contributed by atoms with E-state index >= 15 is 0 Å². The van der Waals surface area contributed by atoms with Gasteiger partial charge in [-0.2, -0.15) is 13.2 Å². The second-order valence-corrected chi connectivity index (χ2v) is 5.44. The highest BCUT2D eigenvalue weighted by atomic mass is 19.4. The molecule has 0 radical (unpaired) electrons. The predicted molar refractivity (Wildman–Crippen MR) is 73.6 cm³/mol. The van der Waals surface area contributed by atoms with Crippen LogP contribution in [0.1, 0.15) is 31.4 Å². The summed E-state index contributed by atoms with van der Waals surface area (Å²) < 4.78 is 65.1. The molecule has 0 saturated carbocycles. The fourth-order valence-electron chi connectivity index (χ4n) is 2.93. The predicted octanol–water partition coefficient (Wildman–Crippen LogP) is 3.17. The number of nitrogens with one attached hydrogen (secondary N) is 1. The van der Waals surface area contributed by atoms with Gasteiger partial charge in [0.25, 0.3) is 0 Å². The molecule has 1 fully saturated rings. The van der Waals surface area contributed by atoms with E-state index in [1.165, 1.54) is 6.92 Å². The van der Waals surface area contributed by atoms with Crippen molar-refractivity contribution in [3.8, 4) is 0 Å². The Balaban J connectivity index is 2.20. The number of benzene rings is 1. The highest BCUT2D eigenvalue weighted by Crippen LogP contribution is 2.30. The molecule has 1 saturated heterocycles. The van der Waals surface area contributed by atoms with Gasteiger partial charge in [-0.25, -0.2) is 8.78 Å². The van der Waals surface area contributed by atoms with E-state index in [0.29, 0.717) is 13.0 Å². The zero-order valence-electron chi connectivity index (χ0n) is 12.5. The molecule has 1 aromatic rings. The normalized spacial score (nSPS) is 22.0. The molecule has 0 bridgehead atoms. The van der Waals surface area contributed by atoms with Gasteiger partial charge in [0.05, 0.1) is 0 Å². The zero-order chi connectivity index (χ0) is 17.2. The maximum absolute atomic E-state index is 13.8. The largest absolute Gasteiger partial charge is 0.471 e. The Morgan fingerprint density at radius 3 is 2.65 bits per heavy atom. The minimum Gasteiger partial charge on any atom is -0.332 e. The van der Waals surface area contributed by atoms with Gasteiger partial charge < -0.3 is 10.2 Å². The Morgan fingerprint density at radius 1 is 1.35 bits per heavy atom. The minimum atomic E-state index is -4.94. The van der Waals surface area contributed by atoms with Gasteiger partial charge in [-0.3, -0.25) is 4.79 Å². The third-order valence-corrected chi connectivity index (χ3v) is 3.99. The molecule has 23 heavy (non-hydrogen) atoms. The van der Waals surface area contributed by atoms with Crippen LogP contribution in [-0.4, -0.2) is 36.1 Å². The lowest BCUT2D eigenvalue weighted by Crippen LogP contribution is -2.51. The van der Waals surface area contributed by atoms with Crippen molar-refractivity contribution in [2.45, 2.75) is 38.0 Å². The molecular weight excluding hydrogens is 319 g/mol. The summed E-state index contributed by atoms with van der Waals surface area (Å²) in [5, 5.41) is 2.96. The average Bonchev–Trinajstić information content (AvgIpc) is 2.50. The van der Waals surface area contributed by atoms with Crippen LogP contribution in [0.5, 0.6) is 0 Å². The van der Waals surface area contributed by atoms with Crippen LogP contribution in [0.3, 0.4) is 0 Å². The number of carbonyl (C=O) groups excluding carboxylic acids is 1. The molecule has 3 nitrogen and oxygen atoms in total. The Hall–Kier alpha value is -1.70. The maximum atomic E-state index is 13.8. The number of hydrogen-bond donors (Lipinski definition) is 1. The first-order chi connectivity index (χ1) is 10.7. The first-order valence-electron chi connectivity index (χ1n) is 7.30. The zero-order valence-corrected chi connectivity index (χ0v) is 12.5. The van der Waals surface area contributed by atoms with E-state index in [1.807, 2.05) is 0 Å². The van der Waals surface area contributed by atoms with E-state index in [4.69, 9.17) is 0 Å². The summed E-state index contributed by atoms with van der Waals surface area (Å²) >= 11 is 0. The molecule has 1 heterocycles. The Labute approximate surface area is 130 Å². The molecule has 0 aromatic heterocycles. The number of hydrogen-bond acceptors (Lipinski definition) is 2. The maximum Gasteiger partial charge on any atom is 0.471 e. The fourth-order valence-corrected chi connectivity index (χ4v) is 2.93. The molecular formula is C15H17F5N2O. The van der Waals surface area contributed by atoms with Gasteiger partial charge >= 0.3 is 12.1 Å². The fraction of sp³-hybridized carbons (Fsp3) is 0.533. The molecule has 2 rings (SSSR count). The lowest BCUT2D eigenvalue weighted by Gasteiger charge is -2.38. The molecule has 8 heteroatoms. The SMILES string of the molecule is CCN(C(=O)C(F)(F)F)[C@@H]1CCN[C@H](c2cc(F)ccc2F)C1. The van der Waals surface area contributed by atoms with Crippen molar-refractivity contribution in [2.24, 2.45) is 0 Å². The molecule has 128 valence electrons. The second-order valence-electron chi connectivity index (χ2n) is 5.44. The third kappa shape index (κ3) is 3.99. The monoisotopic (exact) mass is 336 g/mol. The molecule has 1 aliphatic heterocycles. The number of rotatable bonds is 3. The number of carbonyl (C=O) groups is 1. The molecule has 1 amide bonds. The van der Waals surface area contributed by atoms with Gasteiger partial charge in [-0.1, -0.05) is 0 Å². The molecule has 1 N–H and O–H groups in total. The molecule has 1 aromatic carbocycles. The van der Waals surface area contributed by atoms with Crippen LogP contribution < -0.4 is 5.32 Å². The van der Waals surface area contributed by atoms with Gasteiger partial charge in [0.1, 0.15) is 11.6 Å². The lowest BCUT2D eigenvalue weighted by molar-refractivity contribution is -0.188. The quantitative estimate of drug-likeness (QED) is 0.860. The number of alkyl halides is 3. The summed E-state index contributed by atoms with van der Waals surface area (Å²) in [7, 11) is 0. The third-order valence-electron chi connectivity index (χ3n) is 3.99. The Bertz CT molecular complexity index is 575. The van der Waals surface area contributed by atoms with Crippen LogP contribution >= 0.6 is 0 Å². The first-order valence-corrected chi connectivity index (χ1v) is 7.30.